The van der Waals surface area contributed by atoms with Gasteiger partial charge in [0.25, 0.3) is 0 Å². The molecule has 0 fully saturated rings. The second-order valence-electron chi connectivity index (χ2n) is 2.85. The van der Waals surface area contributed by atoms with Crippen LogP contribution in [0.25, 0.3) is 0 Å². The van der Waals surface area contributed by atoms with Gasteiger partial charge in [0.15, 0.2) is 12.3 Å². The zero-order valence-electron chi connectivity index (χ0n) is 6.65. The van der Waals surface area contributed by atoms with Crippen molar-refractivity contribution in [3.63, 3.8) is 0 Å². The molecule has 1 rings (SSSR count). The third kappa shape index (κ3) is 0.913. The molecule has 1 aliphatic rings. The highest BCUT2D eigenvalue weighted by molar-refractivity contribution is 5.95. The molecule has 9 heavy (non-hydrogen) atoms. The van der Waals surface area contributed by atoms with Gasteiger partial charge in [-0.3, -0.25) is 0 Å². The van der Waals surface area contributed by atoms with E-state index in [1.54, 1.807) is 0 Å². The van der Waals surface area contributed by atoms with Gasteiger partial charge in [0.05, 0.1) is 0 Å². The molecule has 50 valence electrons. The SMILES string of the molecule is CC1=C(C)C(C)=[N+](C)C1. The van der Waals surface area contributed by atoms with E-state index < -0.39 is 0 Å². The monoisotopic (exact) mass is 124 g/mol. The summed E-state index contributed by atoms with van der Waals surface area (Å²) in [6.07, 6.45) is 0. The van der Waals surface area contributed by atoms with Gasteiger partial charge in [0.2, 0.25) is 0 Å². The van der Waals surface area contributed by atoms with Gasteiger partial charge in [0, 0.05) is 12.5 Å². The van der Waals surface area contributed by atoms with E-state index in [1.165, 1.54) is 16.9 Å². The standard InChI is InChI=1S/C8H14N/c1-6-5-9(4)8(3)7(6)2/h5H2,1-4H3/q+1. The first-order chi connectivity index (χ1) is 4.13. The Bertz CT molecular complexity index is 175. The van der Waals surface area contributed by atoms with Gasteiger partial charge < -0.3 is 0 Å². The minimum absolute atomic E-state index is 1.12. The minimum atomic E-state index is 1.12. The molecule has 0 N–H and O–H groups in total. The lowest BCUT2D eigenvalue weighted by Crippen LogP contribution is -2.08. The van der Waals surface area contributed by atoms with E-state index in [-0.39, 0.29) is 0 Å². The van der Waals surface area contributed by atoms with Crippen molar-refractivity contribution in [2.75, 3.05) is 13.6 Å². The minimum Gasteiger partial charge on any atom is -0.232 e. The van der Waals surface area contributed by atoms with Crippen LogP contribution in [0, 0.1) is 0 Å². The predicted octanol–water partition coefficient (Wildman–Crippen LogP) is 1.44. The summed E-state index contributed by atoms with van der Waals surface area (Å²) in [7, 11) is 2.13. The number of hydrogen-bond donors (Lipinski definition) is 0. The quantitative estimate of drug-likeness (QED) is 0.430. The second kappa shape index (κ2) is 1.98. The van der Waals surface area contributed by atoms with Gasteiger partial charge in [-0.15, -0.1) is 0 Å². The van der Waals surface area contributed by atoms with Crippen LogP contribution < -0.4 is 0 Å². The van der Waals surface area contributed by atoms with Crippen LogP contribution in [0.15, 0.2) is 11.1 Å². The number of likely N-dealkylation sites (N-methyl/N-ethyl adjacent to an activating group) is 1. The van der Waals surface area contributed by atoms with Crippen molar-refractivity contribution in [2.24, 2.45) is 0 Å². The van der Waals surface area contributed by atoms with E-state index in [4.69, 9.17) is 0 Å². The van der Waals surface area contributed by atoms with Crippen molar-refractivity contribution in [3.05, 3.63) is 11.1 Å². The maximum atomic E-state index is 2.28. The summed E-state index contributed by atoms with van der Waals surface area (Å²) in [4.78, 5) is 0. The molecule has 0 amide bonds. The summed E-state index contributed by atoms with van der Waals surface area (Å²) in [5, 5.41) is 0. The van der Waals surface area contributed by atoms with Crippen molar-refractivity contribution in [1.82, 2.24) is 0 Å². The molecular formula is C8H14N+. The molecule has 1 aliphatic heterocycles. The molecule has 0 radical (unpaired) electrons. The van der Waals surface area contributed by atoms with E-state index in [0.717, 1.165) is 6.54 Å². The van der Waals surface area contributed by atoms with Gasteiger partial charge in [-0.25, -0.2) is 4.58 Å². The van der Waals surface area contributed by atoms with Crippen molar-refractivity contribution >= 4 is 5.71 Å². The Morgan fingerprint density at radius 3 is 1.89 bits per heavy atom. The first kappa shape index (κ1) is 6.53. The molecule has 0 saturated heterocycles. The molecule has 0 aromatic rings. The molecule has 0 aromatic heterocycles. The van der Waals surface area contributed by atoms with Gasteiger partial charge in [0.1, 0.15) is 7.05 Å². The first-order valence-electron chi connectivity index (χ1n) is 3.34. The van der Waals surface area contributed by atoms with Crippen molar-refractivity contribution in [1.29, 1.82) is 0 Å². The number of nitrogens with zero attached hydrogens (tertiary/aromatic N) is 1. The Hall–Kier alpha value is -0.590. The summed E-state index contributed by atoms with van der Waals surface area (Å²) in [6.45, 7) is 7.68. The summed E-state index contributed by atoms with van der Waals surface area (Å²) in [5.74, 6) is 0. The Morgan fingerprint density at radius 2 is 1.78 bits per heavy atom. The average Bonchev–Trinajstić information content (AvgIpc) is 1.98. The van der Waals surface area contributed by atoms with Crippen LogP contribution in [0.4, 0.5) is 0 Å². The van der Waals surface area contributed by atoms with Crippen LogP contribution >= 0.6 is 0 Å². The molecule has 0 saturated carbocycles. The van der Waals surface area contributed by atoms with Crippen LogP contribution in [-0.4, -0.2) is 23.9 Å². The van der Waals surface area contributed by atoms with Crippen molar-refractivity contribution in [2.45, 2.75) is 20.8 Å². The maximum Gasteiger partial charge on any atom is 0.176 e. The number of rotatable bonds is 0. The van der Waals surface area contributed by atoms with Crippen LogP contribution in [-0.2, 0) is 0 Å². The maximum absolute atomic E-state index is 2.28. The van der Waals surface area contributed by atoms with Gasteiger partial charge >= 0.3 is 0 Å². The van der Waals surface area contributed by atoms with Gasteiger partial charge in [-0.05, 0) is 19.4 Å². The molecule has 0 aromatic carbocycles. The van der Waals surface area contributed by atoms with E-state index in [2.05, 4.69) is 32.4 Å². The van der Waals surface area contributed by atoms with Crippen molar-refractivity contribution < 1.29 is 4.58 Å². The Labute approximate surface area is 56.7 Å². The Kier molecular flexibility index (Phi) is 1.43. The van der Waals surface area contributed by atoms with E-state index in [0.29, 0.717) is 0 Å². The third-order valence-corrected chi connectivity index (χ3v) is 2.23. The normalized spacial score (nSPS) is 20.0. The molecule has 0 aliphatic carbocycles. The molecule has 0 atom stereocenters. The molecule has 0 bridgehead atoms. The predicted molar refractivity (Wildman–Crippen MR) is 40.1 cm³/mol. The van der Waals surface area contributed by atoms with Crippen LogP contribution in [0.5, 0.6) is 0 Å². The molecule has 1 heterocycles. The smallest absolute Gasteiger partial charge is 0.176 e. The summed E-state index contributed by atoms with van der Waals surface area (Å²) in [5.41, 5.74) is 4.40. The molecular weight excluding hydrogens is 110 g/mol. The van der Waals surface area contributed by atoms with Crippen LogP contribution in [0.2, 0.25) is 0 Å². The van der Waals surface area contributed by atoms with Crippen LogP contribution in [0.3, 0.4) is 0 Å². The lowest BCUT2D eigenvalue weighted by molar-refractivity contribution is -0.484. The molecule has 0 unspecified atom stereocenters. The molecule has 0 spiro atoms. The highest BCUT2D eigenvalue weighted by Gasteiger charge is 2.18. The highest BCUT2D eigenvalue weighted by atomic mass is 15.0. The van der Waals surface area contributed by atoms with Gasteiger partial charge in [-0.2, -0.15) is 0 Å². The lowest BCUT2D eigenvalue weighted by atomic mass is 10.1. The second-order valence-corrected chi connectivity index (χ2v) is 2.85. The fraction of sp³-hybridized carbons (Fsp3) is 0.625. The van der Waals surface area contributed by atoms with E-state index >= 15 is 0 Å². The summed E-state index contributed by atoms with van der Waals surface area (Å²) >= 11 is 0. The topological polar surface area (TPSA) is 3.01 Å². The molecule has 1 heteroatoms. The summed E-state index contributed by atoms with van der Waals surface area (Å²) in [6, 6.07) is 0. The van der Waals surface area contributed by atoms with Crippen LogP contribution in [0.1, 0.15) is 20.8 Å². The summed E-state index contributed by atoms with van der Waals surface area (Å²) < 4.78 is 2.28. The fourth-order valence-corrected chi connectivity index (χ4v) is 1.19. The van der Waals surface area contributed by atoms with E-state index in [1.807, 2.05) is 0 Å². The number of allylic oxidation sites excluding steroid dienone is 1. The zero-order chi connectivity index (χ0) is 7.02. The lowest BCUT2D eigenvalue weighted by Gasteiger charge is -1.87. The van der Waals surface area contributed by atoms with E-state index in [9.17, 15) is 0 Å². The Balaban J connectivity index is 2.97. The Morgan fingerprint density at radius 1 is 1.22 bits per heavy atom. The first-order valence-corrected chi connectivity index (χ1v) is 3.34. The molecule has 1 nitrogen and oxygen atoms in total. The van der Waals surface area contributed by atoms with Crippen molar-refractivity contribution in [3.8, 4) is 0 Å². The number of hydrogen-bond acceptors (Lipinski definition) is 0. The largest absolute Gasteiger partial charge is 0.232 e. The zero-order valence-corrected chi connectivity index (χ0v) is 6.65. The fourth-order valence-electron chi connectivity index (χ4n) is 1.19. The average molecular weight is 124 g/mol. The third-order valence-electron chi connectivity index (χ3n) is 2.23. The highest BCUT2D eigenvalue weighted by Crippen LogP contribution is 2.11. The van der Waals surface area contributed by atoms with Gasteiger partial charge in [-0.1, -0.05) is 0 Å².